The lowest BCUT2D eigenvalue weighted by Crippen LogP contribution is -2.41. The number of pyridine rings is 1. The van der Waals surface area contributed by atoms with Gasteiger partial charge in [-0.1, -0.05) is 72.8 Å². The Morgan fingerprint density at radius 1 is 0.969 bits per heavy atom. The van der Waals surface area contributed by atoms with Crippen LogP contribution in [0.25, 0.3) is 10.9 Å². The maximum absolute atomic E-state index is 12.9. The minimum absolute atomic E-state index is 0.0554. The summed E-state index contributed by atoms with van der Waals surface area (Å²) in [5.74, 6) is 0. The second-order valence-corrected chi connectivity index (χ2v) is 8.52. The van der Waals surface area contributed by atoms with Gasteiger partial charge in [0.1, 0.15) is 0 Å². The molecule has 0 saturated heterocycles. The van der Waals surface area contributed by atoms with Crippen molar-refractivity contribution in [2.24, 2.45) is 0 Å². The summed E-state index contributed by atoms with van der Waals surface area (Å²) >= 11 is 5.81. The van der Waals surface area contributed by atoms with E-state index in [2.05, 4.69) is 52.5 Å². The average Bonchev–Trinajstić information content (AvgIpc) is 2.80. The number of nitrogens with zero attached hydrogens (tertiary/aromatic N) is 1. The number of aromatic nitrogens is 1. The molecule has 5 heteroatoms. The van der Waals surface area contributed by atoms with Crippen LogP contribution in [0.5, 0.6) is 0 Å². The van der Waals surface area contributed by atoms with E-state index < -0.39 is 0 Å². The molecule has 0 amide bonds. The number of benzene rings is 3. The molecule has 1 atom stereocenters. The lowest BCUT2D eigenvalue weighted by Gasteiger charge is -2.28. The number of H-pyrrole nitrogens is 1. The molecular weight excluding hydrogens is 414 g/mol. The van der Waals surface area contributed by atoms with Crippen LogP contribution < -0.4 is 10.9 Å². The monoisotopic (exact) mass is 441 g/mol. The van der Waals surface area contributed by atoms with Crippen LogP contribution in [0.15, 0.2) is 89.7 Å². The van der Waals surface area contributed by atoms with Crippen LogP contribution in [0.3, 0.4) is 0 Å². The first-order valence-corrected chi connectivity index (χ1v) is 11.2. The number of fused-ring (bicyclic) bond motifs is 1. The van der Waals surface area contributed by atoms with Crippen LogP contribution >= 0.6 is 12.2 Å². The summed E-state index contributed by atoms with van der Waals surface area (Å²) < 4.78 is 0. The predicted octanol–water partition coefficient (Wildman–Crippen LogP) is 5.47. The van der Waals surface area contributed by atoms with Crippen molar-refractivity contribution in [3.05, 3.63) is 118 Å². The summed E-state index contributed by atoms with van der Waals surface area (Å²) in [6.45, 7) is 5.14. The van der Waals surface area contributed by atoms with Crippen LogP contribution in [0, 0.1) is 6.92 Å². The fourth-order valence-electron chi connectivity index (χ4n) is 3.79. The number of thiocarbonyl (C=S) groups is 1. The number of nitrogens with one attached hydrogen (secondary N) is 2. The Balaban J connectivity index is 1.61. The Labute approximate surface area is 193 Å². The van der Waals surface area contributed by atoms with Crippen LogP contribution in [-0.4, -0.2) is 15.0 Å². The molecule has 0 spiro atoms. The first-order chi connectivity index (χ1) is 15.5. The molecule has 0 bridgehead atoms. The van der Waals surface area contributed by atoms with Crippen molar-refractivity contribution < 1.29 is 0 Å². The summed E-state index contributed by atoms with van der Waals surface area (Å²) in [5.41, 5.74) is 4.87. The van der Waals surface area contributed by atoms with E-state index in [-0.39, 0.29) is 11.6 Å². The van der Waals surface area contributed by atoms with Gasteiger partial charge < -0.3 is 15.2 Å². The summed E-state index contributed by atoms with van der Waals surface area (Å²) in [5, 5.41) is 5.08. The summed E-state index contributed by atoms with van der Waals surface area (Å²) in [6, 6.07) is 28.5. The zero-order valence-electron chi connectivity index (χ0n) is 18.3. The van der Waals surface area contributed by atoms with E-state index in [0.717, 1.165) is 27.6 Å². The van der Waals surface area contributed by atoms with E-state index in [9.17, 15) is 4.79 Å². The predicted molar refractivity (Wildman–Crippen MR) is 136 cm³/mol. The van der Waals surface area contributed by atoms with Gasteiger partial charge in [0.15, 0.2) is 5.11 Å². The summed E-state index contributed by atoms with van der Waals surface area (Å²) in [4.78, 5) is 17.9. The molecule has 1 heterocycles. The highest BCUT2D eigenvalue weighted by Gasteiger charge is 2.16. The van der Waals surface area contributed by atoms with Gasteiger partial charge in [0, 0.05) is 17.6 Å². The maximum Gasteiger partial charge on any atom is 0.253 e. The second-order valence-electron chi connectivity index (χ2n) is 8.14. The molecule has 4 aromatic rings. The van der Waals surface area contributed by atoms with Crippen molar-refractivity contribution >= 4 is 28.2 Å². The van der Waals surface area contributed by atoms with Crippen molar-refractivity contribution in [1.29, 1.82) is 0 Å². The number of aryl methyl sites for hydroxylation is 1. The minimum atomic E-state index is -0.0833. The molecule has 4 nitrogen and oxygen atoms in total. The van der Waals surface area contributed by atoms with E-state index in [1.807, 2.05) is 61.5 Å². The van der Waals surface area contributed by atoms with Crippen molar-refractivity contribution in [3.63, 3.8) is 0 Å². The van der Waals surface area contributed by atoms with Crippen molar-refractivity contribution in [3.8, 4) is 0 Å². The molecule has 0 aliphatic heterocycles. The standard InChI is InChI=1S/C27H27N3OS/c1-19-13-14-23-16-24(26(31)29-25(23)15-19)18-30(17-21-9-5-3-6-10-21)27(32)28-20(2)22-11-7-4-8-12-22/h3-16,20H,17-18H2,1-2H3,(H,28,32)(H,29,31)/t20-/m1/s1. The summed E-state index contributed by atoms with van der Waals surface area (Å²) in [7, 11) is 0. The van der Waals surface area contributed by atoms with E-state index in [1.54, 1.807) is 0 Å². The van der Waals surface area contributed by atoms with E-state index >= 15 is 0 Å². The lowest BCUT2D eigenvalue weighted by atomic mass is 10.1. The molecule has 2 N–H and O–H groups in total. The third kappa shape index (κ3) is 5.24. The highest BCUT2D eigenvalue weighted by Crippen LogP contribution is 2.17. The highest BCUT2D eigenvalue weighted by molar-refractivity contribution is 7.80. The van der Waals surface area contributed by atoms with Gasteiger partial charge in [-0.3, -0.25) is 4.79 Å². The first-order valence-electron chi connectivity index (χ1n) is 10.8. The molecule has 162 valence electrons. The second kappa shape index (κ2) is 9.79. The van der Waals surface area contributed by atoms with Gasteiger partial charge in [0.2, 0.25) is 0 Å². The Hall–Kier alpha value is -3.44. The molecule has 0 radical (unpaired) electrons. The number of aromatic amines is 1. The van der Waals surface area contributed by atoms with Crippen molar-refractivity contribution in [2.45, 2.75) is 33.0 Å². The van der Waals surface area contributed by atoms with Crippen LogP contribution in [0.1, 0.15) is 35.2 Å². The molecule has 0 unspecified atom stereocenters. The Morgan fingerprint density at radius 2 is 1.66 bits per heavy atom. The first kappa shape index (κ1) is 21.8. The molecule has 4 rings (SSSR count). The third-order valence-electron chi connectivity index (χ3n) is 5.58. The molecule has 1 aromatic heterocycles. The number of rotatable bonds is 6. The smallest absolute Gasteiger partial charge is 0.253 e. The van der Waals surface area contributed by atoms with Crippen molar-refractivity contribution in [2.75, 3.05) is 0 Å². The molecule has 0 aliphatic rings. The van der Waals surface area contributed by atoms with E-state index in [4.69, 9.17) is 12.2 Å². The van der Waals surface area contributed by atoms with Gasteiger partial charge in [-0.15, -0.1) is 0 Å². The van der Waals surface area contributed by atoms with Gasteiger partial charge in [-0.25, -0.2) is 0 Å². The lowest BCUT2D eigenvalue weighted by molar-refractivity contribution is 0.392. The Kier molecular flexibility index (Phi) is 6.66. The van der Waals surface area contributed by atoms with Crippen molar-refractivity contribution in [1.82, 2.24) is 15.2 Å². The number of hydrogen-bond acceptors (Lipinski definition) is 2. The number of hydrogen-bond donors (Lipinski definition) is 2. The molecule has 0 saturated carbocycles. The minimum Gasteiger partial charge on any atom is -0.356 e. The molecular formula is C27H27N3OS. The third-order valence-corrected chi connectivity index (χ3v) is 5.96. The van der Waals surface area contributed by atoms with Gasteiger partial charge in [0.25, 0.3) is 5.56 Å². The SMILES string of the molecule is Cc1ccc2cc(CN(Cc3ccccc3)C(=S)N[C@H](C)c3ccccc3)c(=O)[nH]c2c1. The molecule has 0 fully saturated rings. The zero-order valence-corrected chi connectivity index (χ0v) is 19.2. The fourth-order valence-corrected chi connectivity index (χ4v) is 4.09. The quantitative estimate of drug-likeness (QED) is 0.389. The van der Waals surface area contributed by atoms with Gasteiger partial charge >= 0.3 is 0 Å². The van der Waals surface area contributed by atoms with E-state index in [1.165, 1.54) is 0 Å². The van der Waals surface area contributed by atoms with Gasteiger partial charge in [-0.2, -0.15) is 0 Å². The van der Waals surface area contributed by atoms with Crippen LogP contribution in [0.2, 0.25) is 0 Å². The fraction of sp³-hybridized carbons (Fsp3) is 0.185. The molecule has 0 aliphatic carbocycles. The van der Waals surface area contributed by atoms with Gasteiger partial charge in [0.05, 0.1) is 12.6 Å². The zero-order chi connectivity index (χ0) is 22.5. The topological polar surface area (TPSA) is 48.1 Å². The molecule has 3 aromatic carbocycles. The van der Waals surface area contributed by atoms with Crippen LogP contribution in [0.4, 0.5) is 0 Å². The Morgan fingerprint density at radius 3 is 2.38 bits per heavy atom. The maximum atomic E-state index is 12.9. The largest absolute Gasteiger partial charge is 0.356 e. The average molecular weight is 442 g/mol. The van der Waals surface area contributed by atoms with Crippen LogP contribution in [-0.2, 0) is 13.1 Å². The highest BCUT2D eigenvalue weighted by atomic mass is 32.1. The normalized spacial score (nSPS) is 11.8. The van der Waals surface area contributed by atoms with E-state index in [0.29, 0.717) is 23.8 Å². The Bertz CT molecular complexity index is 1270. The summed E-state index contributed by atoms with van der Waals surface area (Å²) in [6.07, 6.45) is 0. The molecule has 32 heavy (non-hydrogen) atoms. The van der Waals surface area contributed by atoms with Gasteiger partial charge in [-0.05, 0) is 60.3 Å².